The number of nitro benzene ring substituents is 1. The van der Waals surface area contributed by atoms with E-state index in [1.54, 1.807) is 0 Å². The second-order valence-electron chi connectivity index (χ2n) is 4.72. The molecule has 6 nitrogen and oxygen atoms in total. The minimum Gasteiger partial charge on any atom is -0.351 e. The lowest BCUT2D eigenvalue weighted by atomic mass is 10.0. The molecule has 2 rings (SSSR count). The summed E-state index contributed by atoms with van der Waals surface area (Å²) in [5.41, 5.74) is -2.39. The number of carbonyl (C=O) groups is 1. The number of amides is 1. The van der Waals surface area contributed by atoms with Crippen molar-refractivity contribution in [2.45, 2.75) is 6.18 Å². The van der Waals surface area contributed by atoms with Gasteiger partial charge in [-0.05, 0) is 12.1 Å². The van der Waals surface area contributed by atoms with E-state index in [4.69, 9.17) is 0 Å². The minimum atomic E-state index is -4.70. The standard InChI is InChI=1S/C12H12F3N3O3/c13-12(14,15)8-1-2-9(10(3-8)18(20)21)11(19)17-6-7-4-16-5-7/h1-3,7,16H,4-6H2,(H,17,19). The summed E-state index contributed by atoms with van der Waals surface area (Å²) in [7, 11) is 0. The number of nitrogens with zero attached hydrogens (tertiary/aromatic N) is 1. The van der Waals surface area contributed by atoms with Gasteiger partial charge in [-0.25, -0.2) is 0 Å². The van der Waals surface area contributed by atoms with Gasteiger partial charge in [0, 0.05) is 31.6 Å². The molecule has 114 valence electrons. The molecular formula is C12H12F3N3O3. The van der Waals surface area contributed by atoms with Crippen molar-refractivity contribution in [1.29, 1.82) is 0 Å². The van der Waals surface area contributed by atoms with Gasteiger partial charge in [-0.3, -0.25) is 14.9 Å². The maximum absolute atomic E-state index is 12.5. The molecule has 1 heterocycles. The summed E-state index contributed by atoms with van der Waals surface area (Å²) < 4.78 is 37.6. The molecule has 0 spiro atoms. The number of benzene rings is 1. The average molecular weight is 303 g/mol. The SMILES string of the molecule is O=C(NCC1CNC1)c1ccc(C(F)(F)F)cc1[N+](=O)[O-]. The van der Waals surface area contributed by atoms with Crippen molar-refractivity contribution < 1.29 is 22.9 Å². The topological polar surface area (TPSA) is 84.3 Å². The van der Waals surface area contributed by atoms with Gasteiger partial charge in [0.25, 0.3) is 11.6 Å². The second-order valence-corrected chi connectivity index (χ2v) is 4.72. The first-order valence-electron chi connectivity index (χ1n) is 6.13. The van der Waals surface area contributed by atoms with E-state index >= 15 is 0 Å². The maximum Gasteiger partial charge on any atom is 0.416 e. The third-order valence-corrected chi connectivity index (χ3v) is 3.18. The predicted octanol–water partition coefficient (Wildman–Crippen LogP) is 1.56. The van der Waals surface area contributed by atoms with Crippen LogP contribution in [-0.2, 0) is 6.18 Å². The van der Waals surface area contributed by atoms with E-state index < -0.39 is 28.3 Å². The molecule has 0 saturated carbocycles. The average Bonchev–Trinajstić information content (AvgIpc) is 2.34. The number of hydrogen-bond acceptors (Lipinski definition) is 4. The van der Waals surface area contributed by atoms with Crippen LogP contribution in [0, 0.1) is 16.0 Å². The van der Waals surface area contributed by atoms with Gasteiger partial charge in [0.2, 0.25) is 0 Å². The van der Waals surface area contributed by atoms with E-state index in [-0.39, 0.29) is 11.5 Å². The molecule has 0 aliphatic carbocycles. The molecule has 0 radical (unpaired) electrons. The van der Waals surface area contributed by atoms with Gasteiger partial charge in [-0.15, -0.1) is 0 Å². The number of halogens is 3. The van der Waals surface area contributed by atoms with Gasteiger partial charge >= 0.3 is 6.18 Å². The Kier molecular flexibility index (Phi) is 4.12. The van der Waals surface area contributed by atoms with Crippen molar-refractivity contribution in [3.8, 4) is 0 Å². The summed E-state index contributed by atoms with van der Waals surface area (Å²) in [5.74, 6) is -0.509. The van der Waals surface area contributed by atoms with Crippen molar-refractivity contribution in [2.75, 3.05) is 19.6 Å². The molecule has 0 bridgehead atoms. The smallest absolute Gasteiger partial charge is 0.351 e. The monoisotopic (exact) mass is 303 g/mol. The van der Waals surface area contributed by atoms with Gasteiger partial charge in [0.1, 0.15) is 5.56 Å². The Balaban J connectivity index is 2.21. The molecular weight excluding hydrogens is 291 g/mol. The Hall–Kier alpha value is -2.16. The third-order valence-electron chi connectivity index (χ3n) is 3.18. The lowest BCUT2D eigenvalue weighted by molar-refractivity contribution is -0.385. The van der Waals surface area contributed by atoms with Gasteiger partial charge in [0.05, 0.1) is 10.5 Å². The molecule has 1 aliphatic rings. The number of rotatable bonds is 4. The normalized spacial score (nSPS) is 15.4. The van der Waals surface area contributed by atoms with E-state index in [0.717, 1.165) is 19.2 Å². The van der Waals surface area contributed by atoms with E-state index in [1.165, 1.54) is 0 Å². The lowest BCUT2D eigenvalue weighted by Crippen LogP contribution is -2.48. The molecule has 0 atom stereocenters. The van der Waals surface area contributed by atoms with E-state index in [0.29, 0.717) is 18.7 Å². The molecule has 21 heavy (non-hydrogen) atoms. The van der Waals surface area contributed by atoms with Crippen LogP contribution in [0.2, 0.25) is 0 Å². The van der Waals surface area contributed by atoms with E-state index in [9.17, 15) is 28.1 Å². The molecule has 1 amide bonds. The fourth-order valence-corrected chi connectivity index (χ4v) is 1.88. The predicted molar refractivity (Wildman–Crippen MR) is 66.8 cm³/mol. The molecule has 2 N–H and O–H groups in total. The van der Waals surface area contributed by atoms with Gasteiger partial charge in [-0.1, -0.05) is 0 Å². The number of carbonyl (C=O) groups excluding carboxylic acids is 1. The zero-order valence-corrected chi connectivity index (χ0v) is 10.7. The van der Waals surface area contributed by atoms with Crippen LogP contribution >= 0.6 is 0 Å². The second kappa shape index (κ2) is 5.68. The molecule has 1 fully saturated rings. The zero-order chi connectivity index (χ0) is 15.6. The van der Waals surface area contributed by atoms with Crippen LogP contribution < -0.4 is 10.6 Å². The lowest BCUT2D eigenvalue weighted by Gasteiger charge is -2.27. The van der Waals surface area contributed by atoms with Crippen molar-refractivity contribution in [2.24, 2.45) is 5.92 Å². The first kappa shape index (κ1) is 15.2. The first-order valence-corrected chi connectivity index (χ1v) is 6.13. The summed E-state index contributed by atoms with van der Waals surface area (Å²) in [6, 6.07) is 1.86. The van der Waals surface area contributed by atoms with Crippen LogP contribution in [0.5, 0.6) is 0 Å². The Morgan fingerprint density at radius 2 is 2.10 bits per heavy atom. The van der Waals surface area contributed by atoms with E-state index in [1.807, 2.05) is 0 Å². The molecule has 1 aromatic rings. The molecule has 0 aromatic heterocycles. The Morgan fingerprint density at radius 3 is 2.57 bits per heavy atom. The maximum atomic E-state index is 12.5. The third kappa shape index (κ3) is 3.48. The summed E-state index contributed by atoms with van der Waals surface area (Å²) in [6.07, 6.45) is -4.70. The fraction of sp³-hybridized carbons (Fsp3) is 0.417. The Morgan fingerprint density at radius 1 is 1.43 bits per heavy atom. The van der Waals surface area contributed by atoms with Gasteiger partial charge in [0.15, 0.2) is 0 Å². The highest BCUT2D eigenvalue weighted by molar-refractivity contribution is 5.98. The minimum absolute atomic E-state index is 0.238. The summed E-state index contributed by atoms with van der Waals surface area (Å²) in [6.45, 7) is 1.79. The van der Waals surface area contributed by atoms with Crippen LogP contribution in [0.4, 0.5) is 18.9 Å². The molecule has 1 saturated heterocycles. The number of nitrogens with one attached hydrogen (secondary N) is 2. The molecule has 0 unspecified atom stereocenters. The van der Waals surface area contributed by atoms with Gasteiger partial charge in [-0.2, -0.15) is 13.2 Å². The quantitative estimate of drug-likeness (QED) is 0.653. The molecule has 1 aromatic carbocycles. The van der Waals surface area contributed by atoms with Crippen LogP contribution in [0.3, 0.4) is 0 Å². The van der Waals surface area contributed by atoms with Crippen LogP contribution in [0.25, 0.3) is 0 Å². The number of alkyl halides is 3. The van der Waals surface area contributed by atoms with Crippen LogP contribution in [-0.4, -0.2) is 30.5 Å². The summed E-state index contributed by atoms with van der Waals surface area (Å²) in [4.78, 5) is 21.7. The Labute approximate surface area is 117 Å². The first-order chi connectivity index (χ1) is 9.79. The molecule has 9 heteroatoms. The summed E-state index contributed by atoms with van der Waals surface area (Å²) in [5, 5.41) is 16.3. The van der Waals surface area contributed by atoms with Crippen molar-refractivity contribution in [3.05, 3.63) is 39.4 Å². The highest BCUT2D eigenvalue weighted by atomic mass is 19.4. The number of nitro groups is 1. The zero-order valence-electron chi connectivity index (χ0n) is 10.7. The molecule has 1 aliphatic heterocycles. The van der Waals surface area contributed by atoms with Crippen LogP contribution in [0.15, 0.2) is 18.2 Å². The fourth-order valence-electron chi connectivity index (χ4n) is 1.88. The van der Waals surface area contributed by atoms with Crippen molar-refractivity contribution in [3.63, 3.8) is 0 Å². The number of hydrogen-bond donors (Lipinski definition) is 2. The van der Waals surface area contributed by atoms with Crippen molar-refractivity contribution >= 4 is 11.6 Å². The largest absolute Gasteiger partial charge is 0.416 e. The van der Waals surface area contributed by atoms with E-state index in [2.05, 4.69) is 10.6 Å². The van der Waals surface area contributed by atoms with Gasteiger partial charge < -0.3 is 10.6 Å². The highest BCUT2D eigenvalue weighted by Gasteiger charge is 2.34. The van der Waals surface area contributed by atoms with Crippen LogP contribution in [0.1, 0.15) is 15.9 Å². The van der Waals surface area contributed by atoms with Crippen molar-refractivity contribution in [1.82, 2.24) is 10.6 Å². The Bertz CT molecular complexity index is 571. The summed E-state index contributed by atoms with van der Waals surface area (Å²) >= 11 is 0. The highest BCUT2D eigenvalue weighted by Crippen LogP contribution is 2.32.